The molecule has 158 valence electrons. The second-order valence-corrected chi connectivity index (χ2v) is 9.16. The van der Waals surface area contributed by atoms with Crippen LogP contribution in [0.5, 0.6) is 0 Å². The number of allylic oxidation sites excluding steroid dienone is 2. The van der Waals surface area contributed by atoms with Gasteiger partial charge in [0.1, 0.15) is 0 Å². The average Bonchev–Trinajstić information content (AvgIpc) is 3.37. The fourth-order valence-electron chi connectivity index (χ4n) is 5.57. The van der Waals surface area contributed by atoms with Crippen molar-refractivity contribution in [1.29, 1.82) is 0 Å². The van der Waals surface area contributed by atoms with E-state index < -0.39 is 0 Å². The first-order valence-electron chi connectivity index (χ1n) is 11.3. The monoisotopic (exact) mass is 444 g/mol. The highest BCUT2D eigenvalue weighted by atomic mass is 35.5. The van der Waals surface area contributed by atoms with Crippen LogP contribution in [0.15, 0.2) is 109 Å². The van der Waals surface area contributed by atoms with Gasteiger partial charge in [0.05, 0.1) is 17.1 Å². The van der Waals surface area contributed by atoms with Gasteiger partial charge in [-0.05, 0) is 48.4 Å². The Balaban J connectivity index is 1.48. The number of para-hydroxylation sites is 3. The molecular formula is C30H21ClN2. The summed E-state index contributed by atoms with van der Waals surface area (Å²) in [6.45, 7) is 0. The predicted octanol–water partition coefficient (Wildman–Crippen LogP) is 8.30. The summed E-state index contributed by atoms with van der Waals surface area (Å²) in [5.41, 5.74) is 8.51. The van der Waals surface area contributed by atoms with Gasteiger partial charge < -0.3 is 9.47 Å². The Morgan fingerprint density at radius 1 is 0.727 bits per heavy atom. The number of benzene rings is 4. The van der Waals surface area contributed by atoms with Crippen molar-refractivity contribution in [3.8, 4) is 5.69 Å². The van der Waals surface area contributed by atoms with Crippen LogP contribution in [0.3, 0.4) is 0 Å². The van der Waals surface area contributed by atoms with Crippen LogP contribution in [0.1, 0.15) is 12.0 Å². The summed E-state index contributed by atoms with van der Waals surface area (Å²) in [6.07, 6.45) is 7.67. The molecule has 1 unspecified atom stereocenters. The lowest BCUT2D eigenvalue weighted by atomic mass is 9.96. The minimum absolute atomic E-state index is 0.289. The summed E-state index contributed by atoms with van der Waals surface area (Å²) in [5.74, 6) is 0. The minimum atomic E-state index is 0.289. The maximum atomic E-state index is 6.78. The molecule has 7 rings (SSSR count). The molecule has 0 saturated carbocycles. The van der Waals surface area contributed by atoms with Crippen LogP contribution in [-0.4, -0.2) is 10.6 Å². The molecule has 33 heavy (non-hydrogen) atoms. The van der Waals surface area contributed by atoms with Gasteiger partial charge in [0, 0.05) is 38.4 Å². The van der Waals surface area contributed by atoms with E-state index in [1.165, 1.54) is 38.6 Å². The van der Waals surface area contributed by atoms with E-state index in [2.05, 4.69) is 119 Å². The van der Waals surface area contributed by atoms with Crippen molar-refractivity contribution >= 4 is 50.4 Å². The number of fused-ring (bicyclic) bond motifs is 6. The Labute approximate surface area is 197 Å². The highest BCUT2D eigenvalue weighted by Crippen LogP contribution is 2.48. The zero-order valence-electron chi connectivity index (χ0n) is 17.9. The SMILES string of the molecule is Clc1cc(N2c3ccccc3C3=CC=CCC32)cc(-n2c3ccccc3c3ccccc32)c1. The summed E-state index contributed by atoms with van der Waals surface area (Å²) < 4.78 is 2.33. The number of hydrogen-bond donors (Lipinski definition) is 0. The topological polar surface area (TPSA) is 8.17 Å². The lowest BCUT2D eigenvalue weighted by Gasteiger charge is -2.29. The molecular weight excluding hydrogens is 424 g/mol. The number of anilines is 2. The fraction of sp³-hybridized carbons (Fsp3) is 0.0667. The zero-order valence-corrected chi connectivity index (χ0v) is 18.7. The summed E-state index contributed by atoms with van der Waals surface area (Å²) in [4.78, 5) is 2.45. The molecule has 2 nitrogen and oxygen atoms in total. The Bertz CT molecular complexity index is 1570. The summed E-state index contributed by atoms with van der Waals surface area (Å²) in [6, 6.07) is 32.6. The Kier molecular flexibility index (Phi) is 4.06. The molecule has 5 aromatic rings. The van der Waals surface area contributed by atoms with Gasteiger partial charge in [-0.2, -0.15) is 0 Å². The molecule has 0 radical (unpaired) electrons. The van der Waals surface area contributed by atoms with E-state index in [-0.39, 0.29) is 6.04 Å². The Morgan fingerprint density at radius 3 is 2.18 bits per heavy atom. The van der Waals surface area contributed by atoms with Gasteiger partial charge in [0.15, 0.2) is 0 Å². The molecule has 1 atom stereocenters. The van der Waals surface area contributed by atoms with E-state index in [0.717, 1.165) is 22.8 Å². The smallest absolute Gasteiger partial charge is 0.0632 e. The van der Waals surface area contributed by atoms with Gasteiger partial charge in [-0.3, -0.25) is 0 Å². The van der Waals surface area contributed by atoms with E-state index in [9.17, 15) is 0 Å². The van der Waals surface area contributed by atoms with E-state index in [0.29, 0.717) is 0 Å². The summed E-state index contributed by atoms with van der Waals surface area (Å²) >= 11 is 6.78. The molecule has 2 aliphatic rings. The predicted molar refractivity (Wildman–Crippen MR) is 140 cm³/mol. The second-order valence-electron chi connectivity index (χ2n) is 8.73. The minimum Gasteiger partial charge on any atom is -0.333 e. The number of hydrogen-bond acceptors (Lipinski definition) is 1. The van der Waals surface area contributed by atoms with Crippen LogP contribution >= 0.6 is 11.6 Å². The Hall–Kier alpha value is -3.75. The van der Waals surface area contributed by atoms with Crippen LogP contribution in [0.25, 0.3) is 33.1 Å². The van der Waals surface area contributed by atoms with Crippen LogP contribution in [-0.2, 0) is 0 Å². The number of rotatable bonds is 2. The molecule has 4 aromatic carbocycles. The first-order valence-corrected chi connectivity index (χ1v) is 11.7. The molecule has 0 amide bonds. The third kappa shape index (κ3) is 2.74. The van der Waals surface area contributed by atoms with Gasteiger partial charge in [0.25, 0.3) is 0 Å². The quantitative estimate of drug-likeness (QED) is 0.266. The maximum absolute atomic E-state index is 6.78. The third-order valence-corrected chi connectivity index (χ3v) is 7.12. The Morgan fingerprint density at radius 2 is 1.39 bits per heavy atom. The van der Waals surface area contributed by atoms with Crippen LogP contribution in [0, 0.1) is 0 Å². The van der Waals surface area contributed by atoms with E-state index in [4.69, 9.17) is 11.6 Å². The normalized spacial score (nSPS) is 16.8. The first-order chi connectivity index (χ1) is 16.3. The molecule has 0 bridgehead atoms. The number of halogens is 1. The maximum Gasteiger partial charge on any atom is 0.0632 e. The lowest BCUT2D eigenvalue weighted by Crippen LogP contribution is -2.27. The van der Waals surface area contributed by atoms with E-state index in [1.54, 1.807) is 0 Å². The van der Waals surface area contributed by atoms with Crippen molar-refractivity contribution in [2.45, 2.75) is 12.5 Å². The molecule has 0 saturated heterocycles. The van der Waals surface area contributed by atoms with Crippen LogP contribution < -0.4 is 4.90 Å². The van der Waals surface area contributed by atoms with Crippen LogP contribution in [0.4, 0.5) is 11.4 Å². The van der Waals surface area contributed by atoms with Crippen molar-refractivity contribution in [3.63, 3.8) is 0 Å². The molecule has 1 aliphatic heterocycles. The van der Waals surface area contributed by atoms with Gasteiger partial charge in [-0.25, -0.2) is 0 Å². The highest BCUT2D eigenvalue weighted by Gasteiger charge is 2.34. The molecule has 1 aliphatic carbocycles. The van der Waals surface area contributed by atoms with Crippen molar-refractivity contribution in [2.24, 2.45) is 0 Å². The first kappa shape index (κ1) is 18.8. The van der Waals surface area contributed by atoms with Gasteiger partial charge in [-0.15, -0.1) is 0 Å². The van der Waals surface area contributed by atoms with Crippen molar-refractivity contribution in [3.05, 3.63) is 120 Å². The van der Waals surface area contributed by atoms with E-state index >= 15 is 0 Å². The number of nitrogens with zero attached hydrogens (tertiary/aromatic N) is 2. The van der Waals surface area contributed by atoms with Crippen LogP contribution in [0.2, 0.25) is 5.02 Å². The molecule has 3 heteroatoms. The van der Waals surface area contributed by atoms with Gasteiger partial charge in [0.2, 0.25) is 0 Å². The standard InChI is InChI=1S/C30H21ClN2/c31-20-17-21(32-27-13-5-1-9-23(27)24-10-2-6-14-28(24)32)19-22(18-20)33-29-15-7-3-11-25(29)26-12-4-8-16-30(26)33/h1-15,17-19,30H,16H2. The van der Waals surface area contributed by atoms with Crippen molar-refractivity contribution < 1.29 is 0 Å². The lowest BCUT2D eigenvalue weighted by molar-refractivity contribution is 0.829. The highest BCUT2D eigenvalue weighted by molar-refractivity contribution is 6.31. The van der Waals surface area contributed by atoms with Crippen molar-refractivity contribution in [2.75, 3.05) is 4.90 Å². The molecule has 0 spiro atoms. The van der Waals surface area contributed by atoms with Gasteiger partial charge >= 0.3 is 0 Å². The average molecular weight is 445 g/mol. The molecule has 1 aromatic heterocycles. The molecule has 2 heterocycles. The number of aromatic nitrogens is 1. The molecule has 0 fully saturated rings. The third-order valence-electron chi connectivity index (χ3n) is 6.90. The largest absolute Gasteiger partial charge is 0.333 e. The fourth-order valence-corrected chi connectivity index (χ4v) is 5.80. The second kappa shape index (κ2) is 7.13. The summed E-state index contributed by atoms with van der Waals surface area (Å²) in [5, 5.41) is 3.25. The van der Waals surface area contributed by atoms with E-state index in [1.807, 2.05) is 0 Å². The van der Waals surface area contributed by atoms with Gasteiger partial charge in [-0.1, -0.05) is 84.4 Å². The zero-order chi connectivity index (χ0) is 21.9. The molecule has 0 N–H and O–H groups in total. The summed E-state index contributed by atoms with van der Waals surface area (Å²) in [7, 11) is 0. The van der Waals surface area contributed by atoms with Crippen molar-refractivity contribution in [1.82, 2.24) is 4.57 Å².